The fourth-order valence-corrected chi connectivity index (χ4v) is 6.09. The molecule has 2 aliphatic carbocycles. The first-order valence-electron chi connectivity index (χ1n) is 13.1. The molecule has 0 bridgehead atoms. The maximum absolute atomic E-state index is 15.9. The number of nitrogens with one attached hydrogen (secondary N) is 1. The average Bonchev–Trinajstić information content (AvgIpc) is 3.28. The molecule has 1 aliphatic heterocycles. The largest absolute Gasteiger partial charge is 0.798 e. The van der Waals surface area contributed by atoms with Gasteiger partial charge in [-0.1, -0.05) is 6.42 Å². The van der Waals surface area contributed by atoms with Crippen molar-refractivity contribution >= 4 is 36.1 Å². The number of ether oxygens (including phenoxy) is 2. The Bertz CT molecular complexity index is 1430. The highest BCUT2D eigenvalue weighted by atomic mass is 19.2. The van der Waals surface area contributed by atoms with Gasteiger partial charge in [-0.2, -0.15) is 0 Å². The zero-order valence-electron chi connectivity index (χ0n) is 22.6. The van der Waals surface area contributed by atoms with Crippen LogP contribution in [0.25, 0.3) is 10.9 Å². The van der Waals surface area contributed by atoms with Crippen molar-refractivity contribution in [2.75, 3.05) is 25.1 Å². The Hall–Kier alpha value is -3.45. The molecule has 2 saturated carbocycles. The molecule has 1 amide bonds. The van der Waals surface area contributed by atoms with Crippen LogP contribution in [0.2, 0.25) is 0 Å². The Morgan fingerprint density at radius 3 is 2.55 bits per heavy atom. The lowest BCUT2D eigenvalue weighted by molar-refractivity contribution is 0.0450. The van der Waals surface area contributed by atoms with Crippen LogP contribution in [-0.4, -0.2) is 61.6 Å². The number of alkyl carbamates (subject to hydrolysis) is 1. The van der Waals surface area contributed by atoms with Gasteiger partial charge < -0.3 is 28.9 Å². The summed E-state index contributed by atoms with van der Waals surface area (Å²) >= 11 is 0. The van der Waals surface area contributed by atoms with E-state index < -0.39 is 59.7 Å². The Kier molecular flexibility index (Phi) is 6.94. The molecule has 14 heteroatoms. The van der Waals surface area contributed by atoms with Crippen LogP contribution in [0.3, 0.4) is 0 Å². The van der Waals surface area contributed by atoms with Crippen molar-refractivity contribution in [2.45, 2.75) is 69.8 Å². The van der Waals surface area contributed by atoms with Crippen molar-refractivity contribution < 1.29 is 41.1 Å². The topological polar surface area (TPSA) is 99.1 Å². The number of alkyl halides is 1. The SMILES string of the molecule is COc1c(N2CC3CCCC3(NC(=O)OC(C)(C)C)C2)c(F)cc2c(=O)c(C(=O)OB(F)F)cn([C@@H]3C[C@@H]3F)c12. The highest BCUT2D eigenvalue weighted by molar-refractivity contribution is 6.38. The first-order valence-corrected chi connectivity index (χ1v) is 13.1. The van der Waals surface area contributed by atoms with Crippen LogP contribution in [0, 0.1) is 11.7 Å². The van der Waals surface area contributed by atoms with Crippen LogP contribution in [0.4, 0.5) is 27.9 Å². The summed E-state index contributed by atoms with van der Waals surface area (Å²) in [6.45, 7) is 5.87. The van der Waals surface area contributed by atoms with Gasteiger partial charge in [0.25, 0.3) is 0 Å². The van der Waals surface area contributed by atoms with E-state index in [2.05, 4.69) is 9.97 Å². The number of halogens is 4. The zero-order chi connectivity index (χ0) is 29.1. The third kappa shape index (κ3) is 4.96. The van der Waals surface area contributed by atoms with Gasteiger partial charge in [0.2, 0.25) is 5.43 Å². The summed E-state index contributed by atoms with van der Waals surface area (Å²) in [6, 6.07) is 0.0922. The van der Waals surface area contributed by atoms with E-state index in [0.717, 1.165) is 25.1 Å². The molecule has 2 heterocycles. The molecule has 1 saturated heterocycles. The number of nitrogens with zero attached hydrogens (tertiary/aromatic N) is 2. The molecule has 4 atom stereocenters. The number of hydrogen-bond donors (Lipinski definition) is 1. The number of amides is 1. The normalized spacial score (nSPS) is 25.5. The number of fused-ring (bicyclic) bond motifs is 2. The van der Waals surface area contributed by atoms with E-state index >= 15 is 4.39 Å². The minimum atomic E-state index is -3.48. The van der Waals surface area contributed by atoms with Gasteiger partial charge in [0.1, 0.15) is 23.0 Å². The smallest absolute Gasteiger partial charge is 0.492 e. The van der Waals surface area contributed by atoms with Gasteiger partial charge in [0.05, 0.1) is 29.6 Å². The number of anilines is 1. The van der Waals surface area contributed by atoms with Crippen molar-refractivity contribution in [2.24, 2.45) is 5.92 Å². The molecule has 2 aromatic rings. The third-order valence-corrected chi connectivity index (χ3v) is 7.79. The molecule has 5 rings (SSSR count). The van der Waals surface area contributed by atoms with E-state index in [4.69, 9.17) is 9.47 Å². The van der Waals surface area contributed by atoms with Crippen molar-refractivity contribution in [3.8, 4) is 5.75 Å². The van der Waals surface area contributed by atoms with Gasteiger partial charge in [-0.15, -0.1) is 0 Å². The van der Waals surface area contributed by atoms with E-state index in [1.165, 1.54) is 11.7 Å². The summed E-state index contributed by atoms with van der Waals surface area (Å²) in [5.74, 6) is -2.54. The molecular weight excluding hydrogens is 537 g/mol. The predicted molar refractivity (Wildman–Crippen MR) is 138 cm³/mol. The van der Waals surface area contributed by atoms with Crippen LogP contribution >= 0.6 is 0 Å². The number of carbonyl (C=O) groups excluding carboxylic acids is 2. The van der Waals surface area contributed by atoms with Crippen LogP contribution < -0.4 is 20.4 Å². The van der Waals surface area contributed by atoms with Crippen molar-refractivity contribution in [1.29, 1.82) is 0 Å². The molecule has 216 valence electrons. The number of hydrogen-bond acceptors (Lipinski definition) is 7. The Balaban J connectivity index is 1.60. The second-order valence-electron chi connectivity index (χ2n) is 11.7. The van der Waals surface area contributed by atoms with Gasteiger partial charge in [-0.25, -0.2) is 27.0 Å². The molecule has 2 unspecified atom stereocenters. The minimum Gasteiger partial charge on any atom is -0.492 e. The van der Waals surface area contributed by atoms with Crippen molar-refractivity contribution in [1.82, 2.24) is 9.88 Å². The monoisotopic (exact) mass is 567 g/mol. The molecular formula is C26H30BF4N3O6. The van der Waals surface area contributed by atoms with Gasteiger partial charge >= 0.3 is 19.5 Å². The number of benzene rings is 1. The van der Waals surface area contributed by atoms with Gasteiger partial charge in [-0.3, -0.25) is 4.79 Å². The molecule has 40 heavy (non-hydrogen) atoms. The van der Waals surface area contributed by atoms with E-state index in [9.17, 15) is 27.4 Å². The van der Waals surface area contributed by atoms with Crippen LogP contribution in [0.1, 0.15) is 62.9 Å². The Morgan fingerprint density at radius 1 is 1.25 bits per heavy atom. The van der Waals surface area contributed by atoms with Crippen molar-refractivity contribution in [3.63, 3.8) is 0 Å². The lowest BCUT2D eigenvalue weighted by atomic mass is 9.91. The quantitative estimate of drug-likeness (QED) is 0.408. The number of pyridine rings is 1. The second-order valence-corrected chi connectivity index (χ2v) is 11.7. The number of aromatic nitrogens is 1. The van der Waals surface area contributed by atoms with Crippen molar-refractivity contribution in [3.05, 3.63) is 33.9 Å². The lowest BCUT2D eigenvalue weighted by Gasteiger charge is -2.32. The summed E-state index contributed by atoms with van der Waals surface area (Å²) in [5.41, 5.74) is -3.15. The molecule has 0 spiro atoms. The third-order valence-electron chi connectivity index (χ3n) is 7.79. The molecule has 1 aromatic carbocycles. The second kappa shape index (κ2) is 9.88. The number of carbonyl (C=O) groups is 2. The lowest BCUT2D eigenvalue weighted by Crippen LogP contribution is -2.53. The molecule has 1 N–H and O–H groups in total. The molecule has 9 nitrogen and oxygen atoms in total. The average molecular weight is 567 g/mol. The molecule has 3 aliphatic rings. The highest BCUT2D eigenvalue weighted by Gasteiger charge is 2.52. The maximum Gasteiger partial charge on any atom is 0.798 e. The minimum absolute atomic E-state index is 0.0156. The summed E-state index contributed by atoms with van der Waals surface area (Å²) in [6.07, 6.45) is 1.41. The Morgan fingerprint density at radius 2 is 1.95 bits per heavy atom. The highest BCUT2D eigenvalue weighted by Crippen LogP contribution is 2.49. The summed E-state index contributed by atoms with van der Waals surface area (Å²) in [5, 5.41) is 2.68. The summed E-state index contributed by atoms with van der Waals surface area (Å²) in [7, 11) is -2.20. The first kappa shape index (κ1) is 28.1. The molecule has 3 fully saturated rings. The standard InChI is InChI=1S/C26H30BF4N3O6/c1-25(2,3)39-24(37)32-26-7-5-6-13(26)10-33(12-26)20-17(29)8-14-19(22(20)38-4)34(18-9-16(18)28)11-15(21(14)35)23(36)40-27(30)31/h8,11,13,16,18H,5-7,9-10,12H2,1-4H3,(H,32,37)/t13?,16-,18+,26?/m0/s1. The van der Waals surface area contributed by atoms with E-state index in [-0.39, 0.29) is 41.2 Å². The number of methoxy groups -OCH3 is 1. The fraction of sp³-hybridized carbons (Fsp3) is 0.577. The molecule has 1 aromatic heterocycles. The van der Waals surface area contributed by atoms with Crippen LogP contribution in [0.15, 0.2) is 17.1 Å². The predicted octanol–water partition coefficient (Wildman–Crippen LogP) is 4.40. The van der Waals surface area contributed by atoms with E-state index in [1.54, 1.807) is 25.7 Å². The number of rotatable bonds is 6. The Labute approximate surface area is 227 Å². The van der Waals surface area contributed by atoms with Crippen LogP contribution in [-0.2, 0) is 9.39 Å². The van der Waals surface area contributed by atoms with Crippen LogP contribution in [0.5, 0.6) is 5.75 Å². The summed E-state index contributed by atoms with van der Waals surface area (Å²) in [4.78, 5) is 39.8. The maximum atomic E-state index is 15.9. The van der Waals surface area contributed by atoms with E-state index in [0.29, 0.717) is 13.0 Å². The van der Waals surface area contributed by atoms with Gasteiger partial charge in [0, 0.05) is 31.6 Å². The van der Waals surface area contributed by atoms with Gasteiger partial charge in [-0.05, 0) is 39.7 Å². The van der Waals surface area contributed by atoms with Gasteiger partial charge in [0.15, 0.2) is 11.6 Å². The van der Waals surface area contributed by atoms with E-state index in [1.807, 2.05) is 0 Å². The molecule has 0 radical (unpaired) electrons. The fourth-order valence-electron chi connectivity index (χ4n) is 6.09. The first-order chi connectivity index (χ1) is 18.7. The summed E-state index contributed by atoms with van der Waals surface area (Å²) < 4.78 is 71.8. The zero-order valence-corrected chi connectivity index (χ0v) is 22.6.